The molecule has 0 radical (unpaired) electrons. The number of nitrogens with two attached hydrogens (primary N) is 1. The Morgan fingerprint density at radius 1 is 1.50 bits per heavy atom. The number of aromatic nitrogens is 2. The molecule has 0 aromatic carbocycles. The first-order chi connectivity index (χ1) is 6.74. The molecule has 1 aliphatic rings. The van der Waals surface area contributed by atoms with Gasteiger partial charge in [-0.1, -0.05) is 0 Å². The van der Waals surface area contributed by atoms with Crippen molar-refractivity contribution in [1.82, 2.24) is 9.55 Å². The molecule has 1 aromatic rings. The van der Waals surface area contributed by atoms with Crippen molar-refractivity contribution in [2.24, 2.45) is 5.73 Å². The third kappa shape index (κ3) is 1.46. The van der Waals surface area contributed by atoms with Crippen molar-refractivity contribution in [3.8, 4) is 0 Å². The van der Waals surface area contributed by atoms with Gasteiger partial charge in [-0.15, -0.1) is 0 Å². The molecule has 1 aliphatic heterocycles. The zero-order valence-corrected chi connectivity index (χ0v) is 9.08. The summed E-state index contributed by atoms with van der Waals surface area (Å²) >= 11 is 0. The molecule has 0 fully saturated rings. The Morgan fingerprint density at radius 2 is 2.29 bits per heavy atom. The molecule has 78 valence electrons. The van der Waals surface area contributed by atoms with Crippen LogP contribution in [0, 0.1) is 13.8 Å². The molecule has 0 amide bonds. The van der Waals surface area contributed by atoms with Crippen LogP contribution in [0.5, 0.6) is 0 Å². The van der Waals surface area contributed by atoms with Gasteiger partial charge in [0.1, 0.15) is 5.82 Å². The predicted molar refractivity (Wildman–Crippen MR) is 57.3 cm³/mol. The highest BCUT2D eigenvalue weighted by Crippen LogP contribution is 2.30. The zero-order chi connectivity index (χ0) is 10.1. The van der Waals surface area contributed by atoms with Gasteiger partial charge in [0.05, 0.1) is 5.69 Å². The van der Waals surface area contributed by atoms with E-state index in [9.17, 15) is 0 Å². The van der Waals surface area contributed by atoms with E-state index in [1.54, 1.807) is 0 Å². The minimum atomic E-state index is 0.602. The van der Waals surface area contributed by atoms with Crippen LogP contribution in [-0.2, 0) is 6.42 Å². The standard InChI is InChI=1S/C11H19N3/c1-8-11-5-3-4-10(6-7-12)14(11)9(2)13-8/h10H,3-7,12H2,1-2H3. The maximum Gasteiger partial charge on any atom is 0.106 e. The molecule has 0 saturated heterocycles. The lowest BCUT2D eigenvalue weighted by molar-refractivity contribution is 0.376. The Labute approximate surface area is 85.3 Å². The molecule has 0 spiro atoms. The Morgan fingerprint density at radius 3 is 3.00 bits per heavy atom. The van der Waals surface area contributed by atoms with E-state index in [0.29, 0.717) is 6.04 Å². The second kappa shape index (κ2) is 3.73. The predicted octanol–water partition coefficient (Wildman–Crippen LogP) is 1.73. The Kier molecular flexibility index (Phi) is 2.59. The van der Waals surface area contributed by atoms with Crippen LogP contribution in [0.1, 0.15) is 42.5 Å². The van der Waals surface area contributed by atoms with E-state index in [2.05, 4.69) is 23.4 Å². The number of aryl methyl sites for hydroxylation is 2. The van der Waals surface area contributed by atoms with Gasteiger partial charge in [0.25, 0.3) is 0 Å². The first-order valence-corrected chi connectivity index (χ1v) is 5.48. The van der Waals surface area contributed by atoms with E-state index in [4.69, 9.17) is 5.73 Å². The monoisotopic (exact) mass is 193 g/mol. The molecule has 0 bridgehead atoms. The van der Waals surface area contributed by atoms with E-state index >= 15 is 0 Å². The van der Waals surface area contributed by atoms with Gasteiger partial charge in [0.15, 0.2) is 0 Å². The van der Waals surface area contributed by atoms with Crippen molar-refractivity contribution in [2.45, 2.75) is 45.6 Å². The summed E-state index contributed by atoms with van der Waals surface area (Å²) in [6, 6.07) is 0.602. The number of rotatable bonds is 2. The fourth-order valence-corrected chi connectivity index (χ4v) is 2.62. The Bertz CT molecular complexity index is 328. The molecule has 1 aromatic heterocycles. The molecule has 14 heavy (non-hydrogen) atoms. The summed E-state index contributed by atoms with van der Waals surface area (Å²) in [5, 5.41) is 0. The molecule has 1 atom stereocenters. The van der Waals surface area contributed by atoms with Crippen LogP contribution in [0.2, 0.25) is 0 Å². The van der Waals surface area contributed by atoms with Crippen LogP contribution in [0.3, 0.4) is 0 Å². The van der Waals surface area contributed by atoms with Crippen LogP contribution in [0.15, 0.2) is 0 Å². The molecule has 2 N–H and O–H groups in total. The summed E-state index contributed by atoms with van der Waals surface area (Å²) in [6.07, 6.45) is 4.83. The van der Waals surface area contributed by atoms with Crippen molar-refractivity contribution in [3.05, 3.63) is 17.2 Å². The minimum Gasteiger partial charge on any atom is -0.330 e. The fourth-order valence-electron chi connectivity index (χ4n) is 2.62. The topological polar surface area (TPSA) is 43.8 Å². The van der Waals surface area contributed by atoms with Gasteiger partial charge in [-0.3, -0.25) is 0 Å². The van der Waals surface area contributed by atoms with Crippen molar-refractivity contribution < 1.29 is 0 Å². The maximum absolute atomic E-state index is 5.64. The van der Waals surface area contributed by atoms with Crippen LogP contribution in [0.4, 0.5) is 0 Å². The van der Waals surface area contributed by atoms with E-state index in [1.807, 2.05) is 0 Å². The average Bonchev–Trinajstić information content (AvgIpc) is 2.44. The molecule has 2 heterocycles. The minimum absolute atomic E-state index is 0.602. The summed E-state index contributed by atoms with van der Waals surface area (Å²) in [5.41, 5.74) is 8.29. The lowest BCUT2D eigenvalue weighted by atomic mass is 9.99. The molecule has 3 heteroatoms. The number of fused-ring (bicyclic) bond motifs is 1. The quantitative estimate of drug-likeness (QED) is 0.777. The van der Waals surface area contributed by atoms with Gasteiger partial charge in [-0.2, -0.15) is 0 Å². The van der Waals surface area contributed by atoms with Crippen molar-refractivity contribution >= 4 is 0 Å². The molecule has 2 rings (SSSR count). The normalized spacial score (nSPS) is 20.9. The lowest BCUT2D eigenvalue weighted by Gasteiger charge is -2.26. The van der Waals surface area contributed by atoms with E-state index < -0.39 is 0 Å². The molecule has 1 unspecified atom stereocenters. The number of hydrogen-bond donors (Lipinski definition) is 1. The Hall–Kier alpha value is -0.830. The van der Waals surface area contributed by atoms with Crippen molar-refractivity contribution in [1.29, 1.82) is 0 Å². The highest BCUT2D eigenvalue weighted by molar-refractivity contribution is 5.18. The largest absolute Gasteiger partial charge is 0.330 e. The number of hydrogen-bond acceptors (Lipinski definition) is 2. The molecular weight excluding hydrogens is 174 g/mol. The van der Waals surface area contributed by atoms with Gasteiger partial charge in [-0.25, -0.2) is 4.98 Å². The summed E-state index contributed by atoms with van der Waals surface area (Å²) in [4.78, 5) is 4.55. The summed E-state index contributed by atoms with van der Waals surface area (Å²) in [5.74, 6) is 1.16. The van der Waals surface area contributed by atoms with Crippen LogP contribution in [-0.4, -0.2) is 16.1 Å². The van der Waals surface area contributed by atoms with Gasteiger partial charge >= 0.3 is 0 Å². The first kappa shape index (κ1) is 9.71. The second-order valence-corrected chi connectivity index (χ2v) is 4.18. The summed E-state index contributed by atoms with van der Waals surface area (Å²) in [6.45, 7) is 5.00. The highest BCUT2D eigenvalue weighted by Gasteiger charge is 2.22. The highest BCUT2D eigenvalue weighted by atomic mass is 15.1. The number of nitrogens with zero attached hydrogens (tertiary/aromatic N) is 2. The van der Waals surface area contributed by atoms with Crippen LogP contribution >= 0.6 is 0 Å². The summed E-state index contributed by atoms with van der Waals surface area (Å²) in [7, 11) is 0. The van der Waals surface area contributed by atoms with Crippen molar-refractivity contribution in [2.75, 3.05) is 6.54 Å². The average molecular weight is 193 g/mol. The van der Waals surface area contributed by atoms with Gasteiger partial charge in [0, 0.05) is 11.7 Å². The van der Waals surface area contributed by atoms with E-state index in [0.717, 1.165) is 18.8 Å². The molecule has 3 nitrogen and oxygen atoms in total. The van der Waals surface area contributed by atoms with Gasteiger partial charge in [-0.05, 0) is 46.1 Å². The third-order valence-electron chi connectivity index (χ3n) is 3.20. The fraction of sp³-hybridized carbons (Fsp3) is 0.727. The third-order valence-corrected chi connectivity index (χ3v) is 3.20. The van der Waals surface area contributed by atoms with Gasteiger partial charge < -0.3 is 10.3 Å². The van der Waals surface area contributed by atoms with Crippen molar-refractivity contribution in [3.63, 3.8) is 0 Å². The molecule has 0 saturated carbocycles. The Balaban J connectivity index is 2.37. The SMILES string of the molecule is Cc1nc(C)n2c1CCCC2CCN. The van der Waals surface area contributed by atoms with Crippen LogP contribution < -0.4 is 5.73 Å². The smallest absolute Gasteiger partial charge is 0.106 e. The first-order valence-electron chi connectivity index (χ1n) is 5.48. The molecular formula is C11H19N3. The number of imidazole rings is 1. The maximum atomic E-state index is 5.64. The van der Waals surface area contributed by atoms with E-state index in [-0.39, 0.29) is 0 Å². The molecule has 0 aliphatic carbocycles. The van der Waals surface area contributed by atoms with Crippen LogP contribution in [0.25, 0.3) is 0 Å². The summed E-state index contributed by atoms with van der Waals surface area (Å²) < 4.78 is 2.41. The van der Waals surface area contributed by atoms with E-state index in [1.165, 1.54) is 30.7 Å². The zero-order valence-electron chi connectivity index (χ0n) is 9.08. The lowest BCUT2D eigenvalue weighted by Crippen LogP contribution is -2.21. The van der Waals surface area contributed by atoms with Gasteiger partial charge in [0.2, 0.25) is 0 Å². The second-order valence-electron chi connectivity index (χ2n) is 4.18.